The van der Waals surface area contributed by atoms with Crippen molar-refractivity contribution in [1.29, 1.82) is 0 Å². The molecule has 2 fully saturated rings. The first-order valence-electron chi connectivity index (χ1n) is 11.3. The third-order valence-corrected chi connectivity index (χ3v) is 6.57. The van der Waals surface area contributed by atoms with Gasteiger partial charge in [-0.1, -0.05) is 11.6 Å². The molecule has 2 saturated heterocycles. The van der Waals surface area contributed by atoms with Gasteiger partial charge in [0.25, 0.3) is 5.91 Å². The number of halogens is 1. The predicted octanol–water partition coefficient (Wildman–Crippen LogP) is 1.30. The predicted molar refractivity (Wildman–Crippen MR) is 113 cm³/mol. The van der Waals surface area contributed by atoms with E-state index in [-0.39, 0.29) is 11.8 Å². The van der Waals surface area contributed by atoms with Crippen molar-refractivity contribution in [3.8, 4) is 11.3 Å². The minimum absolute atomic E-state index is 0.0524. The molecule has 3 aromatic heterocycles. The average molecular weight is 455 g/mol. The summed E-state index contributed by atoms with van der Waals surface area (Å²) in [6.45, 7) is 2.97. The van der Waals surface area contributed by atoms with Gasteiger partial charge in [-0.2, -0.15) is 4.39 Å². The van der Waals surface area contributed by atoms with Crippen molar-refractivity contribution in [2.24, 2.45) is 5.92 Å². The molecular weight excluding hydrogens is 429 g/mol. The summed E-state index contributed by atoms with van der Waals surface area (Å²) < 4.78 is 22.4. The number of hydrogen-bond acceptors (Lipinski definition) is 8. The average Bonchev–Trinajstić information content (AvgIpc) is 3.49. The summed E-state index contributed by atoms with van der Waals surface area (Å²) >= 11 is 0. The number of amides is 1. The number of tetrazole rings is 1. The van der Waals surface area contributed by atoms with Crippen LogP contribution < -0.4 is 0 Å². The lowest BCUT2D eigenvalue weighted by Gasteiger charge is -2.39. The molecule has 0 bridgehead atoms. The molecule has 0 aliphatic carbocycles. The Hall–Kier alpha value is -3.28. The fraction of sp³-hybridized carbons (Fsp3) is 0.571. The van der Waals surface area contributed by atoms with Gasteiger partial charge in [-0.25, -0.2) is 9.67 Å². The number of ether oxygens (including phenoxy) is 1. The van der Waals surface area contributed by atoms with Gasteiger partial charge in [0.2, 0.25) is 5.95 Å². The molecule has 2 aliphatic heterocycles. The fourth-order valence-electron chi connectivity index (χ4n) is 4.81. The third-order valence-electron chi connectivity index (χ3n) is 6.57. The van der Waals surface area contributed by atoms with E-state index >= 15 is 0 Å². The molecule has 1 atom stereocenters. The molecule has 0 aromatic carbocycles. The molecule has 33 heavy (non-hydrogen) atoms. The summed E-state index contributed by atoms with van der Waals surface area (Å²) in [6, 6.07) is 3.04. The molecule has 0 saturated carbocycles. The zero-order valence-electron chi connectivity index (χ0n) is 18.3. The van der Waals surface area contributed by atoms with Crippen molar-refractivity contribution in [3.63, 3.8) is 0 Å². The highest BCUT2D eigenvalue weighted by atomic mass is 19.1. The largest absolute Gasteiger partial charge is 0.381 e. The Bertz CT molecular complexity index is 1080. The monoisotopic (exact) mass is 455 g/mol. The van der Waals surface area contributed by atoms with Crippen LogP contribution in [0.1, 0.15) is 32.1 Å². The third kappa shape index (κ3) is 4.47. The smallest absolute Gasteiger partial charge is 0.250 e. The van der Waals surface area contributed by atoms with Crippen LogP contribution in [0.2, 0.25) is 0 Å². The zero-order valence-corrected chi connectivity index (χ0v) is 18.3. The maximum absolute atomic E-state index is 13.8. The lowest BCUT2D eigenvalue weighted by molar-refractivity contribution is -0.147. The number of likely N-dealkylation sites (tertiary alicyclic amines) is 1. The Morgan fingerprint density at radius 3 is 2.91 bits per heavy atom. The van der Waals surface area contributed by atoms with Gasteiger partial charge in [0.15, 0.2) is 0 Å². The van der Waals surface area contributed by atoms with Crippen LogP contribution in [-0.2, 0) is 21.6 Å². The van der Waals surface area contributed by atoms with E-state index in [4.69, 9.17) is 4.74 Å². The van der Waals surface area contributed by atoms with Crippen molar-refractivity contribution in [1.82, 2.24) is 45.1 Å². The van der Waals surface area contributed by atoms with Crippen LogP contribution in [0.25, 0.3) is 11.3 Å². The van der Waals surface area contributed by atoms with Crippen LogP contribution in [0.15, 0.2) is 30.9 Å². The molecule has 5 rings (SSSR count). The Morgan fingerprint density at radius 2 is 2.12 bits per heavy atom. The minimum Gasteiger partial charge on any atom is -0.381 e. The van der Waals surface area contributed by atoms with Crippen molar-refractivity contribution in [2.75, 3.05) is 26.3 Å². The van der Waals surface area contributed by atoms with Gasteiger partial charge in [-0.15, -0.1) is 10.2 Å². The zero-order chi connectivity index (χ0) is 22.7. The number of nitrogens with zero attached hydrogens (tertiary/aromatic N) is 9. The van der Waals surface area contributed by atoms with Gasteiger partial charge in [-0.3, -0.25) is 9.48 Å². The van der Waals surface area contributed by atoms with Gasteiger partial charge < -0.3 is 9.64 Å². The Balaban J connectivity index is 1.32. The van der Waals surface area contributed by atoms with Gasteiger partial charge >= 0.3 is 0 Å². The van der Waals surface area contributed by atoms with E-state index < -0.39 is 11.5 Å². The maximum atomic E-state index is 13.8. The van der Waals surface area contributed by atoms with Gasteiger partial charge in [0.1, 0.15) is 17.6 Å². The van der Waals surface area contributed by atoms with Crippen LogP contribution >= 0.6 is 0 Å². The molecule has 0 spiro atoms. The first-order chi connectivity index (χ1) is 16.1. The highest BCUT2D eigenvalue weighted by Gasteiger charge is 2.46. The summed E-state index contributed by atoms with van der Waals surface area (Å²) in [5, 5.41) is 20.0. The van der Waals surface area contributed by atoms with Crippen molar-refractivity contribution in [2.45, 2.75) is 44.2 Å². The quantitative estimate of drug-likeness (QED) is 0.529. The van der Waals surface area contributed by atoms with Crippen LogP contribution in [0.3, 0.4) is 0 Å². The maximum Gasteiger partial charge on any atom is 0.250 e. The molecule has 0 N–H and O–H groups in total. The number of pyridine rings is 1. The lowest BCUT2D eigenvalue weighted by Crippen LogP contribution is -2.54. The summed E-state index contributed by atoms with van der Waals surface area (Å²) in [5.74, 6) is -0.271. The molecule has 1 amide bonds. The van der Waals surface area contributed by atoms with Crippen LogP contribution in [0.4, 0.5) is 4.39 Å². The summed E-state index contributed by atoms with van der Waals surface area (Å²) in [5.41, 5.74) is 0.426. The van der Waals surface area contributed by atoms with Crippen LogP contribution in [-0.4, -0.2) is 77.3 Å². The van der Waals surface area contributed by atoms with Crippen molar-refractivity contribution < 1.29 is 13.9 Å². The molecule has 1 unspecified atom stereocenters. The van der Waals surface area contributed by atoms with Crippen LogP contribution in [0, 0.1) is 11.9 Å². The molecule has 5 heterocycles. The summed E-state index contributed by atoms with van der Waals surface area (Å²) in [7, 11) is 0. The molecule has 2 aliphatic rings. The van der Waals surface area contributed by atoms with E-state index in [1.54, 1.807) is 15.4 Å². The van der Waals surface area contributed by atoms with E-state index in [2.05, 4.69) is 30.8 Å². The van der Waals surface area contributed by atoms with Crippen molar-refractivity contribution >= 4 is 5.91 Å². The SMILES string of the molecule is O=C(N1CCCCC(Cn2cc(-c3ccnc(F)c3)nn2)C1)C1(n2cnnn2)CCOCC1. The number of aromatic nitrogens is 8. The van der Waals surface area contributed by atoms with E-state index in [1.807, 2.05) is 11.1 Å². The Morgan fingerprint density at radius 1 is 1.24 bits per heavy atom. The standard InChI is InChI=1S/C21H26FN9O2/c22-19-11-17(4-7-23-19)18-14-30(27-25-18)13-16-3-1-2-8-29(12-16)20(32)21(5-9-33-10-6-21)31-15-24-26-28-31/h4,7,11,14-16H,1-3,5-6,8-10,12-13H2. The second kappa shape index (κ2) is 9.30. The highest BCUT2D eigenvalue weighted by molar-refractivity contribution is 5.84. The number of hydrogen-bond donors (Lipinski definition) is 0. The molecular formula is C21H26FN9O2. The van der Waals surface area contributed by atoms with Crippen molar-refractivity contribution in [3.05, 3.63) is 36.8 Å². The number of rotatable bonds is 5. The molecule has 12 heteroatoms. The van der Waals surface area contributed by atoms with Crippen LogP contribution in [0.5, 0.6) is 0 Å². The first-order valence-corrected chi connectivity index (χ1v) is 11.3. The topological polar surface area (TPSA) is 117 Å². The van der Waals surface area contributed by atoms with Gasteiger partial charge in [-0.05, 0) is 35.3 Å². The molecule has 11 nitrogen and oxygen atoms in total. The second-order valence-corrected chi connectivity index (χ2v) is 8.70. The summed E-state index contributed by atoms with van der Waals surface area (Å²) in [6.07, 6.45) is 8.82. The Labute approximate surface area is 189 Å². The highest BCUT2D eigenvalue weighted by Crippen LogP contribution is 2.32. The Kier molecular flexibility index (Phi) is 6.07. The summed E-state index contributed by atoms with van der Waals surface area (Å²) in [4.78, 5) is 19.4. The minimum atomic E-state index is -0.803. The van der Waals surface area contributed by atoms with Gasteiger partial charge in [0.05, 0.1) is 6.20 Å². The molecule has 0 radical (unpaired) electrons. The van der Waals surface area contributed by atoms with E-state index in [0.717, 1.165) is 19.3 Å². The normalized spacial score (nSPS) is 21.0. The van der Waals surface area contributed by atoms with E-state index in [1.165, 1.54) is 18.6 Å². The lowest BCUT2D eigenvalue weighted by atomic mass is 9.88. The molecule has 3 aromatic rings. The first kappa shape index (κ1) is 21.6. The fourth-order valence-corrected chi connectivity index (χ4v) is 4.81. The van der Waals surface area contributed by atoms with E-state index in [0.29, 0.717) is 56.9 Å². The number of carbonyl (C=O) groups is 1. The van der Waals surface area contributed by atoms with E-state index in [9.17, 15) is 9.18 Å². The second-order valence-electron chi connectivity index (χ2n) is 8.70. The number of carbonyl (C=O) groups excluding carboxylic acids is 1. The van der Waals surface area contributed by atoms with Gasteiger partial charge in [0, 0.05) is 63.5 Å². The molecule has 174 valence electrons.